The highest BCUT2D eigenvalue weighted by Gasteiger charge is 2.26. The van der Waals surface area contributed by atoms with Gasteiger partial charge in [0, 0.05) is 6.42 Å². The van der Waals surface area contributed by atoms with Crippen molar-refractivity contribution in [3.8, 4) is 0 Å². The quantitative estimate of drug-likeness (QED) is 0.601. The molecule has 0 aliphatic carbocycles. The van der Waals surface area contributed by atoms with Crippen LogP contribution in [0.4, 0.5) is 0 Å². The van der Waals surface area contributed by atoms with Gasteiger partial charge in [-0.05, 0) is 12.6 Å². The van der Waals surface area contributed by atoms with Gasteiger partial charge in [-0.25, -0.2) is 0 Å². The molecule has 0 radical (unpaired) electrons. The van der Waals surface area contributed by atoms with E-state index in [4.69, 9.17) is 0 Å². The third-order valence-electron chi connectivity index (χ3n) is 2.55. The molecule has 1 N–H and O–H groups in total. The molecule has 0 spiro atoms. The van der Waals surface area contributed by atoms with Crippen LogP contribution in [0.2, 0.25) is 0 Å². The summed E-state index contributed by atoms with van der Waals surface area (Å²) in [7, 11) is 6.43. The fourth-order valence-electron chi connectivity index (χ4n) is 1.56. The molecule has 0 unspecified atom stereocenters. The predicted octanol–water partition coefficient (Wildman–Crippen LogP) is 0.875. The zero-order valence-corrected chi connectivity index (χ0v) is 8.71. The molecule has 1 aliphatic rings. The SMILES string of the molecule is C[N+](C)(C)[C@H]1CCC=CNC(=O)C1. The lowest BCUT2D eigenvalue weighted by atomic mass is 10.0. The first-order valence-electron chi connectivity index (χ1n) is 4.75. The molecule has 3 nitrogen and oxygen atoms in total. The molecule has 1 atom stereocenters. The van der Waals surface area contributed by atoms with Gasteiger partial charge in [-0.1, -0.05) is 6.08 Å². The van der Waals surface area contributed by atoms with Crippen LogP contribution in [0.1, 0.15) is 19.3 Å². The van der Waals surface area contributed by atoms with Crippen molar-refractivity contribution in [1.29, 1.82) is 0 Å². The van der Waals surface area contributed by atoms with E-state index in [2.05, 4.69) is 26.5 Å². The minimum atomic E-state index is 0.133. The normalized spacial score (nSPS) is 24.8. The fraction of sp³-hybridized carbons (Fsp3) is 0.700. The van der Waals surface area contributed by atoms with Crippen molar-refractivity contribution >= 4 is 5.91 Å². The molecule has 3 heteroatoms. The molecule has 1 amide bonds. The maximum atomic E-state index is 11.3. The monoisotopic (exact) mass is 183 g/mol. The first-order valence-corrected chi connectivity index (χ1v) is 4.75. The summed E-state index contributed by atoms with van der Waals surface area (Å²) in [4.78, 5) is 11.3. The average molecular weight is 183 g/mol. The van der Waals surface area contributed by atoms with Crippen molar-refractivity contribution in [3.63, 3.8) is 0 Å². The van der Waals surface area contributed by atoms with Crippen LogP contribution in [0.3, 0.4) is 0 Å². The van der Waals surface area contributed by atoms with E-state index >= 15 is 0 Å². The van der Waals surface area contributed by atoms with Gasteiger partial charge < -0.3 is 9.80 Å². The molecule has 13 heavy (non-hydrogen) atoms. The van der Waals surface area contributed by atoms with E-state index in [0.29, 0.717) is 12.5 Å². The Morgan fingerprint density at radius 3 is 2.77 bits per heavy atom. The third kappa shape index (κ3) is 3.19. The summed E-state index contributed by atoms with van der Waals surface area (Å²) in [5.74, 6) is 0.133. The molecule has 1 heterocycles. The lowest BCUT2D eigenvalue weighted by Gasteiger charge is -2.34. The smallest absolute Gasteiger partial charge is 0.229 e. The maximum Gasteiger partial charge on any atom is 0.229 e. The van der Waals surface area contributed by atoms with Crippen LogP contribution in [0, 0.1) is 0 Å². The lowest BCUT2D eigenvalue weighted by Crippen LogP contribution is -2.47. The second-order valence-electron chi connectivity index (χ2n) is 4.52. The van der Waals surface area contributed by atoms with E-state index in [-0.39, 0.29) is 5.91 Å². The highest BCUT2D eigenvalue weighted by Crippen LogP contribution is 2.15. The number of rotatable bonds is 1. The predicted molar refractivity (Wildman–Crippen MR) is 53.0 cm³/mol. The summed E-state index contributed by atoms with van der Waals surface area (Å²) in [5.41, 5.74) is 0. The Kier molecular flexibility index (Phi) is 3.09. The van der Waals surface area contributed by atoms with Crippen LogP contribution in [-0.2, 0) is 4.79 Å². The third-order valence-corrected chi connectivity index (χ3v) is 2.55. The highest BCUT2D eigenvalue weighted by molar-refractivity contribution is 5.77. The largest absolute Gasteiger partial charge is 0.333 e. The van der Waals surface area contributed by atoms with E-state index in [0.717, 1.165) is 17.3 Å². The summed E-state index contributed by atoms with van der Waals surface area (Å²) in [6.07, 6.45) is 6.57. The minimum absolute atomic E-state index is 0.133. The molecule has 0 aromatic carbocycles. The molecule has 0 bridgehead atoms. The van der Waals surface area contributed by atoms with Gasteiger partial charge in [0.2, 0.25) is 5.91 Å². The highest BCUT2D eigenvalue weighted by atomic mass is 16.1. The number of nitrogens with zero attached hydrogens (tertiary/aromatic N) is 1. The number of nitrogens with one attached hydrogen (secondary N) is 1. The Balaban J connectivity index is 2.65. The molecule has 1 rings (SSSR count). The number of carbonyl (C=O) groups excluding carboxylic acids is 1. The summed E-state index contributed by atoms with van der Waals surface area (Å²) in [6.45, 7) is 0. The topological polar surface area (TPSA) is 29.1 Å². The molecule has 0 aromatic heterocycles. The van der Waals surface area contributed by atoms with Crippen molar-refractivity contribution < 1.29 is 9.28 Å². The molecule has 0 aromatic rings. The number of allylic oxidation sites excluding steroid dienone is 1. The van der Waals surface area contributed by atoms with Crippen LogP contribution in [-0.4, -0.2) is 37.6 Å². The van der Waals surface area contributed by atoms with Crippen LogP contribution in [0.15, 0.2) is 12.3 Å². The summed E-state index contributed by atoms with van der Waals surface area (Å²) in [5, 5.41) is 2.76. The van der Waals surface area contributed by atoms with Crippen molar-refractivity contribution in [2.24, 2.45) is 0 Å². The van der Waals surface area contributed by atoms with Crippen LogP contribution < -0.4 is 5.32 Å². The Bertz CT molecular complexity index is 215. The van der Waals surface area contributed by atoms with E-state index in [9.17, 15) is 4.79 Å². The number of carbonyl (C=O) groups is 1. The first kappa shape index (κ1) is 10.3. The van der Waals surface area contributed by atoms with Crippen LogP contribution >= 0.6 is 0 Å². The fourth-order valence-corrected chi connectivity index (χ4v) is 1.56. The van der Waals surface area contributed by atoms with Gasteiger partial charge in [0.25, 0.3) is 0 Å². The lowest BCUT2D eigenvalue weighted by molar-refractivity contribution is -0.895. The molecule has 0 saturated carbocycles. The van der Waals surface area contributed by atoms with Gasteiger partial charge in [0.1, 0.15) is 0 Å². The summed E-state index contributed by atoms with van der Waals surface area (Å²) < 4.78 is 0.862. The Labute approximate surface area is 80.0 Å². The van der Waals surface area contributed by atoms with Crippen molar-refractivity contribution in [2.45, 2.75) is 25.3 Å². The molecule has 74 valence electrons. The van der Waals surface area contributed by atoms with Gasteiger partial charge in [-0.15, -0.1) is 0 Å². The van der Waals surface area contributed by atoms with E-state index in [1.54, 1.807) is 6.20 Å². The van der Waals surface area contributed by atoms with E-state index < -0.39 is 0 Å². The van der Waals surface area contributed by atoms with E-state index in [1.807, 2.05) is 6.08 Å². The first-order chi connectivity index (χ1) is 6.00. The molecule has 0 fully saturated rings. The summed E-state index contributed by atoms with van der Waals surface area (Å²) in [6, 6.07) is 0.435. The van der Waals surface area contributed by atoms with Crippen molar-refractivity contribution in [3.05, 3.63) is 12.3 Å². The van der Waals surface area contributed by atoms with Gasteiger partial charge in [-0.2, -0.15) is 0 Å². The second-order valence-corrected chi connectivity index (χ2v) is 4.52. The Morgan fingerprint density at radius 1 is 1.46 bits per heavy atom. The molecule has 0 saturated heterocycles. The zero-order chi connectivity index (χ0) is 9.90. The second kappa shape index (κ2) is 3.92. The van der Waals surface area contributed by atoms with Gasteiger partial charge in [-0.3, -0.25) is 4.79 Å². The van der Waals surface area contributed by atoms with Crippen LogP contribution in [0.5, 0.6) is 0 Å². The molecular weight excluding hydrogens is 164 g/mol. The van der Waals surface area contributed by atoms with Crippen molar-refractivity contribution in [2.75, 3.05) is 21.1 Å². The van der Waals surface area contributed by atoms with Gasteiger partial charge in [0.05, 0.1) is 33.6 Å². The molecular formula is C10H19N2O+. The molecule has 1 aliphatic heterocycles. The van der Waals surface area contributed by atoms with Crippen LogP contribution in [0.25, 0.3) is 0 Å². The van der Waals surface area contributed by atoms with Gasteiger partial charge >= 0.3 is 0 Å². The zero-order valence-electron chi connectivity index (χ0n) is 8.71. The number of hydrogen-bond donors (Lipinski definition) is 1. The van der Waals surface area contributed by atoms with E-state index in [1.165, 1.54) is 0 Å². The maximum absolute atomic E-state index is 11.3. The average Bonchev–Trinajstić information content (AvgIpc) is 1.94. The van der Waals surface area contributed by atoms with Crippen molar-refractivity contribution in [1.82, 2.24) is 5.32 Å². The number of hydrogen-bond acceptors (Lipinski definition) is 1. The van der Waals surface area contributed by atoms with Gasteiger partial charge in [0.15, 0.2) is 0 Å². The minimum Gasteiger partial charge on any atom is -0.333 e. The Hall–Kier alpha value is -0.830. The number of quaternary nitrogens is 1. The standard InChI is InChI=1S/C10H18N2O/c1-12(2,3)9-6-4-5-7-11-10(13)8-9/h5,7,9H,4,6,8H2,1-3H3/p+1/t9-/m0/s1. The number of amides is 1. The Morgan fingerprint density at radius 2 is 2.15 bits per heavy atom. The summed E-state index contributed by atoms with van der Waals surface area (Å²) >= 11 is 0.